The Morgan fingerprint density at radius 1 is 1.30 bits per heavy atom. The standard InChI is InChI=1S/C19H18ClF2N3O4S/c20-11-1-3-13(4-2-11)29-17-15(21)7-14(8-16(17)22)30(28)25-12-5-6-19(25,10-23-9-12)18(26)24-27/h1-4,7-8,12,23,27H,5-6,9-10H2,(H,24,26). The van der Waals surface area contributed by atoms with Crippen LogP contribution in [-0.4, -0.2) is 44.3 Å². The third-order valence-corrected chi connectivity index (χ3v) is 7.25. The van der Waals surface area contributed by atoms with Gasteiger partial charge in [0.05, 0.1) is 4.90 Å². The first-order chi connectivity index (χ1) is 14.4. The fraction of sp³-hybridized carbons (Fsp3) is 0.316. The van der Waals surface area contributed by atoms with Crippen LogP contribution in [-0.2, 0) is 15.8 Å². The van der Waals surface area contributed by atoms with Gasteiger partial charge in [0.2, 0.25) is 0 Å². The van der Waals surface area contributed by atoms with Crippen molar-refractivity contribution in [2.75, 3.05) is 13.1 Å². The van der Waals surface area contributed by atoms with E-state index >= 15 is 0 Å². The maximum atomic E-state index is 14.7. The molecule has 30 heavy (non-hydrogen) atoms. The lowest BCUT2D eigenvalue weighted by atomic mass is 9.97. The fourth-order valence-electron chi connectivity index (χ4n) is 3.94. The van der Waals surface area contributed by atoms with E-state index in [-0.39, 0.29) is 23.2 Å². The van der Waals surface area contributed by atoms with Gasteiger partial charge in [0, 0.05) is 24.2 Å². The zero-order valence-electron chi connectivity index (χ0n) is 15.5. The Hall–Kier alpha value is -2.11. The molecule has 3 N–H and O–H groups in total. The van der Waals surface area contributed by atoms with E-state index < -0.39 is 39.8 Å². The quantitative estimate of drug-likeness (QED) is 0.474. The summed E-state index contributed by atoms with van der Waals surface area (Å²) in [5, 5.41) is 12.7. The highest BCUT2D eigenvalue weighted by atomic mass is 35.5. The van der Waals surface area contributed by atoms with Crippen LogP contribution in [0.1, 0.15) is 12.8 Å². The third-order valence-electron chi connectivity index (χ3n) is 5.35. The average Bonchev–Trinajstić information content (AvgIpc) is 2.96. The van der Waals surface area contributed by atoms with Gasteiger partial charge in [-0.05, 0) is 49.2 Å². The van der Waals surface area contributed by atoms with Crippen molar-refractivity contribution in [2.24, 2.45) is 0 Å². The van der Waals surface area contributed by atoms with Crippen LogP contribution in [0.5, 0.6) is 11.5 Å². The first kappa shape index (κ1) is 21.1. The Balaban J connectivity index is 1.65. The van der Waals surface area contributed by atoms with Crippen molar-refractivity contribution in [1.29, 1.82) is 0 Å². The van der Waals surface area contributed by atoms with Crippen LogP contribution >= 0.6 is 11.6 Å². The second-order valence-electron chi connectivity index (χ2n) is 7.14. The molecule has 0 saturated carbocycles. The molecule has 4 rings (SSSR count). The van der Waals surface area contributed by atoms with Crippen LogP contribution in [0.4, 0.5) is 8.78 Å². The number of halogens is 3. The predicted octanol–water partition coefficient (Wildman–Crippen LogP) is 2.74. The molecule has 3 unspecified atom stereocenters. The molecule has 1 amide bonds. The summed E-state index contributed by atoms with van der Waals surface area (Å²) in [6.07, 6.45) is 0.903. The van der Waals surface area contributed by atoms with Crippen LogP contribution in [0.25, 0.3) is 0 Å². The molecule has 3 atom stereocenters. The highest BCUT2D eigenvalue weighted by Crippen LogP contribution is 2.40. The largest absolute Gasteiger partial charge is 0.451 e. The zero-order chi connectivity index (χ0) is 21.5. The van der Waals surface area contributed by atoms with Gasteiger partial charge < -0.3 is 10.1 Å². The Kier molecular flexibility index (Phi) is 5.78. The number of amides is 1. The molecule has 2 aliphatic heterocycles. The number of rotatable bonds is 5. The van der Waals surface area contributed by atoms with Crippen molar-refractivity contribution in [1.82, 2.24) is 15.1 Å². The SMILES string of the molecule is O=C(NO)C12CCC(CNC1)N2S(=O)c1cc(F)c(Oc2ccc(Cl)cc2)c(F)c1. The summed E-state index contributed by atoms with van der Waals surface area (Å²) >= 11 is 5.79. The lowest BCUT2D eigenvalue weighted by Gasteiger charge is -2.41. The van der Waals surface area contributed by atoms with E-state index in [0.29, 0.717) is 24.4 Å². The smallest absolute Gasteiger partial charge is 0.266 e. The number of nitrogens with one attached hydrogen (secondary N) is 2. The Bertz CT molecular complexity index is 983. The number of hydroxylamine groups is 1. The Morgan fingerprint density at radius 3 is 2.60 bits per heavy atom. The molecule has 2 saturated heterocycles. The molecule has 7 nitrogen and oxygen atoms in total. The molecule has 2 heterocycles. The van der Waals surface area contributed by atoms with Gasteiger partial charge >= 0.3 is 0 Å². The van der Waals surface area contributed by atoms with Crippen LogP contribution in [0.3, 0.4) is 0 Å². The van der Waals surface area contributed by atoms with Crippen molar-refractivity contribution in [3.63, 3.8) is 0 Å². The van der Waals surface area contributed by atoms with Gasteiger partial charge in [0.1, 0.15) is 22.3 Å². The molecular weight excluding hydrogens is 440 g/mol. The van der Waals surface area contributed by atoms with Crippen LogP contribution in [0, 0.1) is 11.6 Å². The lowest BCUT2D eigenvalue weighted by Crippen LogP contribution is -2.66. The number of piperazine rings is 1. The number of hydrogen-bond donors (Lipinski definition) is 3. The van der Waals surface area contributed by atoms with E-state index in [0.717, 1.165) is 12.1 Å². The van der Waals surface area contributed by atoms with E-state index in [1.807, 2.05) is 0 Å². The van der Waals surface area contributed by atoms with Gasteiger partial charge in [-0.15, -0.1) is 0 Å². The van der Waals surface area contributed by atoms with Gasteiger partial charge in [0.15, 0.2) is 17.4 Å². The summed E-state index contributed by atoms with van der Waals surface area (Å²) in [7, 11) is -2.04. The molecular formula is C19H18ClF2N3O4S. The summed E-state index contributed by atoms with van der Waals surface area (Å²) in [6, 6.07) is 7.52. The minimum atomic E-state index is -2.04. The van der Waals surface area contributed by atoms with Gasteiger partial charge in [0.25, 0.3) is 5.91 Å². The van der Waals surface area contributed by atoms with Crippen LogP contribution in [0.15, 0.2) is 41.3 Å². The minimum Gasteiger partial charge on any atom is -0.451 e. The predicted molar refractivity (Wildman–Crippen MR) is 105 cm³/mol. The van der Waals surface area contributed by atoms with Gasteiger partial charge in [-0.3, -0.25) is 10.0 Å². The summed E-state index contributed by atoms with van der Waals surface area (Å²) in [4.78, 5) is 12.2. The molecule has 0 aliphatic carbocycles. The summed E-state index contributed by atoms with van der Waals surface area (Å²) in [5.41, 5.74) is 0.350. The molecule has 2 aromatic rings. The van der Waals surface area contributed by atoms with E-state index in [2.05, 4.69) is 5.32 Å². The highest BCUT2D eigenvalue weighted by Gasteiger charge is 2.56. The molecule has 0 radical (unpaired) electrons. The maximum Gasteiger partial charge on any atom is 0.266 e. The first-order valence-corrected chi connectivity index (χ1v) is 10.6. The topological polar surface area (TPSA) is 90.9 Å². The molecule has 0 aromatic heterocycles. The van der Waals surface area contributed by atoms with Gasteiger partial charge in [-0.1, -0.05) is 11.6 Å². The van der Waals surface area contributed by atoms with E-state index in [4.69, 9.17) is 21.5 Å². The molecule has 2 fully saturated rings. The number of nitrogens with zero attached hydrogens (tertiary/aromatic N) is 1. The summed E-state index contributed by atoms with van der Waals surface area (Å²) in [5.74, 6) is -3.23. The van der Waals surface area contributed by atoms with Crippen LogP contribution < -0.4 is 15.5 Å². The van der Waals surface area contributed by atoms with Crippen molar-refractivity contribution in [3.8, 4) is 11.5 Å². The molecule has 2 bridgehead atoms. The number of ether oxygens (including phenoxy) is 1. The second-order valence-corrected chi connectivity index (χ2v) is 8.94. The highest BCUT2D eigenvalue weighted by molar-refractivity contribution is 7.82. The first-order valence-electron chi connectivity index (χ1n) is 9.14. The average molecular weight is 458 g/mol. The van der Waals surface area contributed by atoms with Crippen molar-refractivity contribution >= 4 is 28.5 Å². The van der Waals surface area contributed by atoms with Gasteiger partial charge in [-0.2, -0.15) is 4.31 Å². The van der Waals surface area contributed by atoms with Crippen molar-refractivity contribution in [2.45, 2.75) is 29.3 Å². The number of carbonyl (C=O) groups excluding carboxylic acids is 1. The zero-order valence-corrected chi connectivity index (χ0v) is 17.1. The minimum absolute atomic E-state index is 0.141. The number of fused-ring (bicyclic) bond motifs is 2. The maximum absolute atomic E-state index is 14.7. The molecule has 11 heteroatoms. The Morgan fingerprint density at radius 2 is 1.97 bits per heavy atom. The monoisotopic (exact) mass is 457 g/mol. The van der Waals surface area contributed by atoms with Crippen molar-refractivity contribution in [3.05, 3.63) is 53.1 Å². The fourth-order valence-corrected chi connectivity index (χ4v) is 5.71. The summed E-state index contributed by atoms with van der Waals surface area (Å²) < 4.78 is 49.3. The molecule has 160 valence electrons. The third kappa shape index (κ3) is 3.58. The van der Waals surface area contributed by atoms with Crippen molar-refractivity contribution < 1.29 is 27.7 Å². The van der Waals surface area contributed by atoms with E-state index in [9.17, 15) is 17.8 Å². The van der Waals surface area contributed by atoms with Crippen LogP contribution in [0.2, 0.25) is 5.02 Å². The normalized spacial score (nSPS) is 24.5. The lowest BCUT2D eigenvalue weighted by molar-refractivity contribution is -0.139. The number of hydrogen-bond acceptors (Lipinski definition) is 5. The number of benzene rings is 2. The molecule has 0 spiro atoms. The molecule has 2 aliphatic rings. The second kappa shape index (κ2) is 8.20. The van der Waals surface area contributed by atoms with E-state index in [1.54, 1.807) is 5.48 Å². The summed E-state index contributed by atoms with van der Waals surface area (Å²) in [6.45, 7) is 0.624. The Labute approximate surface area is 178 Å². The van der Waals surface area contributed by atoms with Gasteiger partial charge in [-0.25, -0.2) is 18.5 Å². The number of carbonyl (C=O) groups is 1. The molecule has 2 aromatic carbocycles. The van der Waals surface area contributed by atoms with E-state index in [1.165, 1.54) is 28.6 Å².